The number of ether oxygens (including phenoxy) is 1. The number of fused-ring (bicyclic) bond motifs is 3. The Morgan fingerprint density at radius 2 is 1.15 bits per heavy atom. The third kappa shape index (κ3) is 8.56. The van der Waals surface area contributed by atoms with E-state index in [1.54, 1.807) is 22.9 Å². The first kappa shape index (κ1) is 32.7. The van der Waals surface area contributed by atoms with Crippen LogP contribution >= 0.6 is 0 Å². The monoisotopic (exact) mass is 867 g/mol. The number of hydrogen-bond acceptors (Lipinski definition) is 4. The number of nitrogens with zero attached hydrogens (tertiary/aromatic N) is 2. The highest BCUT2D eigenvalue weighted by Crippen LogP contribution is 2.43. The van der Waals surface area contributed by atoms with Crippen LogP contribution < -0.4 is 15.4 Å². The van der Waals surface area contributed by atoms with Crippen molar-refractivity contribution < 1.29 is 17.1 Å². The SMILES string of the molecule is [2H]c1c([2H])c([2H])c(-c2cccc(-c3cc(-c4ccccc4)cc(C(C)(C)C)c3)c2Nc2ccccc2Nc2cccc(Oc3ccc4c5c([2H])c([2H])c([2H])c([2H])c5n(-c5cc(C(C)(C)C)ccn5)c4c3)c2)c([2H])c1[2H]. The van der Waals surface area contributed by atoms with Crippen molar-refractivity contribution in [3.63, 3.8) is 0 Å². The van der Waals surface area contributed by atoms with Crippen molar-refractivity contribution in [2.24, 2.45) is 0 Å². The van der Waals surface area contributed by atoms with Crippen LogP contribution in [-0.2, 0) is 10.8 Å². The highest BCUT2D eigenvalue weighted by molar-refractivity contribution is 6.09. The van der Waals surface area contributed by atoms with E-state index in [0.717, 1.165) is 33.4 Å². The number of anilines is 4. The summed E-state index contributed by atoms with van der Waals surface area (Å²) < 4.78 is 87.4. The fourth-order valence-electron chi connectivity index (χ4n) is 8.30. The van der Waals surface area contributed by atoms with Crippen molar-refractivity contribution in [1.82, 2.24) is 9.55 Å². The molecule has 0 atom stereocenters. The average molecular weight is 868 g/mol. The second kappa shape index (κ2) is 17.2. The van der Waals surface area contributed by atoms with Crippen molar-refractivity contribution in [2.45, 2.75) is 52.4 Å². The van der Waals surface area contributed by atoms with Gasteiger partial charge in [0, 0.05) is 45.9 Å². The topological polar surface area (TPSA) is 51.1 Å². The third-order valence-corrected chi connectivity index (χ3v) is 11.8. The maximum Gasteiger partial charge on any atom is 0.137 e. The predicted octanol–water partition coefficient (Wildman–Crippen LogP) is 17.1. The number of pyridine rings is 1. The Hall–Kier alpha value is -7.89. The Morgan fingerprint density at radius 1 is 0.485 bits per heavy atom. The van der Waals surface area contributed by atoms with Gasteiger partial charge in [0.25, 0.3) is 0 Å². The number of aromatic nitrogens is 2. The summed E-state index contributed by atoms with van der Waals surface area (Å²) in [5, 5.41) is 8.28. The minimum atomic E-state index is -0.467. The van der Waals surface area contributed by atoms with Gasteiger partial charge in [-0.2, -0.15) is 0 Å². The third-order valence-electron chi connectivity index (χ3n) is 11.8. The van der Waals surface area contributed by atoms with Crippen molar-refractivity contribution in [2.75, 3.05) is 10.6 Å². The first-order valence-corrected chi connectivity index (χ1v) is 22.0. The molecule has 0 aliphatic heterocycles. The molecule has 0 saturated carbocycles. The first-order valence-electron chi connectivity index (χ1n) is 26.5. The number of hydrogen-bond donors (Lipinski definition) is 2. The molecule has 0 unspecified atom stereocenters. The largest absolute Gasteiger partial charge is 0.457 e. The lowest BCUT2D eigenvalue weighted by Gasteiger charge is -2.24. The zero-order valence-corrected chi connectivity index (χ0v) is 37.7. The van der Waals surface area contributed by atoms with E-state index in [4.69, 9.17) is 22.1 Å². The molecule has 0 radical (unpaired) electrons. The Labute approximate surface area is 401 Å². The summed E-state index contributed by atoms with van der Waals surface area (Å²) in [6.07, 6.45) is 1.72. The molecule has 0 amide bonds. The Kier molecular flexibility index (Phi) is 8.55. The summed E-state index contributed by atoms with van der Waals surface area (Å²) in [4.78, 5) is 4.72. The Morgan fingerprint density at radius 3 is 1.92 bits per heavy atom. The van der Waals surface area contributed by atoms with E-state index >= 15 is 0 Å². The fraction of sp³-hybridized carbons (Fsp3) is 0.131. The van der Waals surface area contributed by atoms with Gasteiger partial charge in [0.15, 0.2) is 0 Å². The van der Waals surface area contributed by atoms with Crippen molar-refractivity contribution in [3.8, 4) is 50.7 Å². The van der Waals surface area contributed by atoms with E-state index in [-0.39, 0.29) is 52.6 Å². The second-order valence-corrected chi connectivity index (χ2v) is 18.5. The van der Waals surface area contributed by atoms with Crippen LogP contribution in [0.4, 0.5) is 22.7 Å². The van der Waals surface area contributed by atoms with Gasteiger partial charge < -0.3 is 15.4 Å². The molecule has 5 nitrogen and oxygen atoms in total. The summed E-state index contributed by atoms with van der Waals surface area (Å²) in [6, 6.07) is 43.9. The van der Waals surface area contributed by atoms with Crippen LogP contribution in [0.25, 0.3) is 61.0 Å². The van der Waals surface area contributed by atoms with Crippen molar-refractivity contribution in [1.29, 1.82) is 0 Å². The predicted molar refractivity (Wildman–Crippen MR) is 278 cm³/mol. The summed E-state index contributed by atoms with van der Waals surface area (Å²) in [5.74, 6) is 1.49. The molecular weight excluding hydrogens is 805 g/mol. The molecule has 324 valence electrons. The average Bonchev–Trinajstić information content (AvgIpc) is 3.76. The quantitative estimate of drug-likeness (QED) is 0.144. The minimum absolute atomic E-state index is 0.0756. The molecule has 2 aromatic heterocycles. The standard InChI is InChI=1S/C61H54N4O/c1-60(2,3)45-33-34-62-58(38-45)65-56-30-16-13-25-52(56)53-32-31-49(40-57(53)65)66-48-24-17-23-47(39-48)63-54-28-14-15-29-55(54)64-59-50(42-21-11-8-12-22-42)26-18-27-51(59)44-35-43(41-19-9-7-10-20-41)36-46(37-44)61(4,5)6/h7-40,63-64H,1-6H3/i8D,11D,12D,13D,16D,21D,22D,25D,30D. The number of para-hydroxylation sites is 4. The van der Waals surface area contributed by atoms with Gasteiger partial charge >= 0.3 is 0 Å². The van der Waals surface area contributed by atoms with Crippen molar-refractivity contribution in [3.05, 3.63) is 217 Å². The lowest BCUT2D eigenvalue weighted by atomic mass is 9.82. The first-order chi connectivity index (χ1) is 35.7. The molecular formula is C61H54N4O. The second-order valence-electron chi connectivity index (χ2n) is 18.5. The van der Waals surface area contributed by atoms with Crippen LogP contribution in [0.5, 0.6) is 11.5 Å². The molecule has 5 heteroatoms. The fourth-order valence-corrected chi connectivity index (χ4v) is 8.30. The van der Waals surface area contributed by atoms with Gasteiger partial charge in [0.2, 0.25) is 0 Å². The maximum absolute atomic E-state index is 9.10. The molecule has 0 aliphatic carbocycles. The molecule has 0 aliphatic rings. The summed E-state index contributed by atoms with van der Waals surface area (Å²) in [5.41, 5.74) is 9.37. The molecule has 66 heavy (non-hydrogen) atoms. The van der Waals surface area contributed by atoms with Crippen LogP contribution in [-0.4, -0.2) is 9.55 Å². The smallest absolute Gasteiger partial charge is 0.137 e. The lowest BCUT2D eigenvalue weighted by Crippen LogP contribution is -2.12. The van der Waals surface area contributed by atoms with E-state index in [9.17, 15) is 0 Å². The molecule has 2 N–H and O–H groups in total. The van der Waals surface area contributed by atoms with Crippen LogP contribution in [0.15, 0.2) is 206 Å². The van der Waals surface area contributed by atoms with Gasteiger partial charge in [-0.25, -0.2) is 4.98 Å². The molecule has 0 spiro atoms. The maximum atomic E-state index is 9.10. The van der Waals surface area contributed by atoms with E-state index < -0.39 is 18.1 Å². The number of rotatable bonds is 10. The van der Waals surface area contributed by atoms with E-state index in [1.807, 2.05) is 103 Å². The molecule has 0 fully saturated rings. The summed E-state index contributed by atoms with van der Waals surface area (Å²) in [6.45, 7) is 12.8. The van der Waals surface area contributed by atoms with Gasteiger partial charge in [0.05, 0.1) is 40.4 Å². The Bertz CT molecular complexity index is 3870. The van der Waals surface area contributed by atoms with Gasteiger partial charge in [-0.15, -0.1) is 0 Å². The molecule has 10 aromatic rings. The summed E-state index contributed by atoms with van der Waals surface area (Å²) >= 11 is 0. The van der Waals surface area contributed by atoms with E-state index in [0.29, 0.717) is 67.4 Å². The molecule has 2 heterocycles. The van der Waals surface area contributed by atoms with Gasteiger partial charge in [-0.3, -0.25) is 4.57 Å². The van der Waals surface area contributed by atoms with Gasteiger partial charge in [-0.1, -0.05) is 169 Å². The highest BCUT2D eigenvalue weighted by atomic mass is 16.5. The number of benzene rings is 8. The molecule has 10 rings (SSSR count). The van der Waals surface area contributed by atoms with E-state index in [1.165, 1.54) is 0 Å². The normalized spacial score (nSPS) is 13.7. The van der Waals surface area contributed by atoms with Crippen molar-refractivity contribution >= 4 is 44.6 Å². The molecule has 8 aromatic carbocycles. The molecule has 0 bridgehead atoms. The zero-order chi connectivity index (χ0) is 53.2. The lowest BCUT2D eigenvalue weighted by molar-refractivity contribution is 0.483. The van der Waals surface area contributed by atoms with Crippen LogP contribution in [0.1, 0.15) is 65.0 Å². The van der Waals surface area contributed by atoms with Gasteiger partial charge in [0.1, 0.15) is 17.3 Å². The van der Waals surface area contributed by atoms with Crippen LogP contribution in [0, 0.1) is 0 Å². The van der Waals surface area contributed by atoms with E-state index in [2.05, 4.69) is 82.5 Å². The number of nitrogens with one attached hydrogen (secondary N) is 2. The van der Waals surface area contributed by atoms with Crippen LogP contribution in [0.2, 0.25) is 0 Å². The van der Waals surface area contributed by atoms with Gasteiger partial charge in [-0.05, 0) is 105 Å². The summed E-state index contributed by atoms with van der Waals surface area (Å²) in [7, 11) is 0. The highest BCUT2D eigenvalue weighted by Gasteiger charge is 2.21. The molecule has 0 saturated heterocycles. The van der Waals surface area contributed by atoms with Crippen LogP contribution in [0.3, 0.4) is 0 Å². The zero-order valence-electron chi connectivity index (χ0n) is 46.7. The Balaban J connectivity index is 1.05. The minimum Gasteiger partial charge on any atom is -0.457 e.